The second kappa shape index (κ2) is 5.07. The summed E-state index contributed by atoms with van der Waals surface area (Å²) in [7, 11) is 0. The third kappa shape index (κ3) is 2.78. The summed E-state index contributed by atoms with van der Waals surface area (Å²) in [4.78, 5) is 20.2. The summed E-state index contributed by atoms with van der Waals surface area (Å²) in [6.45, 7) is 0.294. The zero-order chi connectivity index (χ0) is 12.1. The van der Waals surface area contributed by atoms with Gasteiger partial charge in [-0.25, -0.2) is 4.79 Å². The maximum absolute atomic E-state index is 11.2. The van der Waals surface area contributed by atoms with Crippen LogP contribution in [-0.2, 0) is 6.54 Å². The molecule has 1 amide bonds. The first-order chi connectivity index (χ1) is 8.27. The van der Waals surface area contributed by atoms with Crippen LogP contribution in [0.15, 0.2) is 49.1 Å². The molecule has 86 valence electrons. The number of anilines is 1. The first-order valence-corrected chi connectivity index (χ1v) is 5.07. The minimum atomic E-state index is -0.993. The van der Waals surface area contributed by atoms with E-state index in [1.165, 1.54) is 4.90 Å². The van der Waals surface area contributed by atoms with Gasteiger partial charge in [0.25, 0.3) is 0 Å². The van der Waals surface area contributed by atoms with Crippen molar-refractivity contribution < 1.29 is 9.90 Å². The minimum absolute atomic E-state index is 0.294. The highest BCUT2D eigenvalue weighted by molar-refractivity contribution is 5.85. The number of carboxylic acid groups (broad SMARTS) is 1. The number of aromatic nitrogens is 2. The predicted octanol–water partition coefficient (Wildman–Crippen LogP) is 2.16. The smallest absolute Gasteiger partial charge is 0.412 e. The second-order valence-corrected chi connectivity index (χ2v) is 3.43. The average molecular weight is 229 g/mol. The van der Waals surface area contributed by atoms with Gasteiger partial charge in [-0.15, -0.1) is 0 Å². The fraction of sp³-hybridized carbons (Fsp3) is 0.0833. The van der Waals surface area contributed by atoms with Crippen LogP contribution in [0.1, 0.15) is 5.56 Å². The lowest BCUT2D eigenvalue weighted by Crippen LogP contribution is -2.28. The molecule has 0 saturated carbocycles. The van der Waals surface area contributed by atoms with Crippen LogP contribution in [0.3, 0.4) is 0 Å². The zero-order valence-electron chi connectivity index (χ0n) is 9.02. The summed E-state index contributed by atoms with van der Waals surface area (Å²) in [6.07, 6.45) is 5.42. The summed E-state index contributed by atoms with van der Waals surface area (Å²) in [5.74, 6) is 0. The quantitative estimate of drug-likeness (QED) is 0.875. The van der Waals surface area contributed by atoms with Gasteiger partial charge in [-0.1, -0.05) is 0 Å². The lowest BCUT2D eigenvalue weighted by atomic mass is 10.2. The van der Waals surface area contributed by atoms with E-state index in [0.717, 1.165) is 5.56 Å². The SMILES string of the molecule is O=C(O)N(Cc1ccncc1)c1ccncc1. The molecular weight excluding hydrogens is 218 g/mol. The van der Waals surface area contributed by atoms with Crippen LogP contribution in [-0.4, -0.2) is 21.2 Å². The van der Waals surface area contributed by atoms with Crippen LogP contribution in [0.5, 0.6) is 0 Å². The number of rotatable bonds is 3. The van der Waals surface area contributed by atoms with Crippen LogP contribution in [0, 0.1) is 0 Å². The van der Waals surface area contributed by atoms with Crippen molar-refractivity contribution >= 4 is 11.8 Å². The van der Waals surface area contributed by atoms with Gasteiger partial charge < -0.3 is 5.11 Å². The molecule has 0 radical (unpaired) electrons. The van der Waals surface area contributed by atoms with Crippen molar-refractivity contribution in [3.63, 3.8) is 0 Å². The minimum Gasteiger partial charge on any atom is -0.465 e. The molecule has 2 rings (SSSR count). The fourth-order valence-corrected chi connectivity index (χ4v) is 1.46. The molecule has 5 nitrogen and oxygen atoms in total. The highest BCUT2D eigenvalue weighted by atomic mass is 16.4. The first-order valence-electron chi connectivity index (χ1n) is 5.07. The van der Waals surface area contributed by atoms with Crippen LogP contribution in [0.25, 0.3) is 0 Å². The van der Waals surface area contributed by atoms with Crippen LogP contribution >= 0.6 is 0 Å². The Balaban J connectivity index is 2.23. The molecule has 0 fully saturated rings. The van der Waals surface area contributed by atoms with Gasteiger partial charge in [0.15, 0.2) is 0 Å². The number of carbonyl (C=O) groups is 1. The zero-order valence-corrected chi connectivity index (χ0v) is 9.02. The summed E-state index contributed by atoms with van der Waals surface area (Å²) < 4.78 is 0. The Morgan fingerprint density at radius 3 is 2.12 bits per heavy atom. The normalized spacial score (nSPS) is 9.88. The highest BCUT2D eigenvalue weighted by Gasteiger charge is 2.14. The van der Waals surface area contributed by atoms with E-state index in [1.54, 1.807) is 49.1 Å². The van der Waals surface area contributed by atoms with Gasteiger partial charge >= 0.3 is 6.09 Å². The van der Waals surface area contributed by atoms with Gasteiger partial charge in [-0.05, 0) is 29.8 Å². The first kappa shape index (κ1) is 11.1. The van der Waals surface area contributed by atoms with Gasteiger partial charge in [-0.2, -0.15) is 0 Å². The summed E-state index contributed by atoms with van der Waals surface area (Å²) in [6, 6.07) is 6.90. The van der Waals surface area contributed by atoms with Crippen LogP contribution in [0.4, 0.5) is 10.5 Å². The van der Waals surface area contributed by atoms with E-state index in [0.29, 0.717) is 12.2 Å². The van der Waals surface area contributed by atoms with Gasteiger partial charge in [0.1, 0.15) is 0 Å². The van der Waals surface area contributed by atoms with Crippen molar-refractivity contribution in [1.29, 1.82) is 0 Å². The van der Waals surface area contributed by atoms with Gasteiger partial charge in [-0.3, -0.25) is 14.9 Å². The van der Waals surface area contributed by atoms with Gasteiger partial charge in [0.05, 0.1) is 12.2 Å². The molecule has 0 spiro atoms. The molecule has 0 unspecified atom stereocenters. The molecule has 0 aliphatic heterocycles. The second-order valence-electron chi connectivity index (χ2n) is 3.43. The Morgan fingerprint density at radius 2 is 1.59 bits per heavy atom. The molecule has 5 heteroatoms. The van der Waals surface area contributed by atoms with E-state index in [1.807, 2.05) is 0 Å². The molecule has 0 aromatic carbocycles. The van der Waals surface area contributed by atoms with Gasteiger partial charge in [0, 0.05) is 24.8 Å². The Kier molecular flexibility index (Phi) is 3.30. The van der Waals surface area contributed by atoms with E-state index in [9.17, 15) is 9.90 Å². The molecular formula is C12H11N3O2. The Labute approximate surface area is 98.4 Å². The molecule has 0 aliphatic rings. The molecule has 2 heterocycles. The van der Waals surface area contributed by atoms with E-state index in [4.69, 9.17) is 0 Å². The van der Waals surface area contributed by atoms with E-state index in [-0.39, 0.29) is 0 Å². The third-order valence-corrected chi connectivity index (χ3v) is 2.30. The van der Waals surface area contributed by atoms with Gasteiger partial charge in [0.2, 0.25) is 0 Å². The van der Waals surface area contributed by atoms with Crippen molar-refractivity contribution in [3.8, 4) is 0 Å². The van der Waals surface area contributed by atoms with Crippen molar-refractivity contribution in [1.82, 2.24) is 9.97 Å². The van der Waals surface area contributed by atoms with E-state index in [2.05, 4.69) is 9.97 Å². The van der Waals surface area contributed by atoms with Crippen molar-refractivity contribution in [2.24, 2.45) is 0 Å². The summed E-state index contributed by atoms with van der Waals surface area (Å²) in [5, 5.41) is 9.18. The van der Waals surface area contributed by atoms with E-state index < -0.39 is 6.09 Å². The molecule has 1 N–H and O–H groups in total. The topological polar surface area (TPSA) is 66.3 Å². The van der Waals surface area contributed by atoms with Crippen LogP contribution in [0.2, 0.25) is 0 Å². The predicted molar refractivity (Wildman–Crippen MR) is 62.7 cm³/mol. The number of pyridine rings is 2. The van der Waals surface area contributed by atoms with Crippen molar-refractivity contribution in [2.75, 3.05) is 4.90 Å². The molecule has 0 atom stereocenters. The number of nitrogens with zero attached hydrogens (tertiary/aromatic N) is 3. The Bertz CT molecular complexity index is 488. The average Bonchev–Trinajstić information content (AvgIpc) is 2.38. The lowest BCUT2D eigenvalue weighted by molar-refractivity contribution is 0.201. The third-order valence-electron chi connectivity index (χ3n) is 2.30. The monoisotopic (exact) mass is 229 g/mol. The van der Waals surface area contributed by atoms with E-state index >= 15 is 0 Å². The molecule has 0 aliphatic carbocycles. The summed E-state index contributed by atoms with van der Waals surface area (Å²) in [5.41, 5.74) is 1.49. The largest absolute Gasteiger partial charge is 0.465 e. The molecule has 17 heavy (non-hydrogen) atoms. The molecule has 2 aromatic heterocycles. The maximum atomic E-state index is 11.2. The summed E-state index contributed by atoms with van der Waals surface area (Å²) >= 11 is 0. The standard InChI is InChI=1S/C12H11N3O2/c16-12(17)15(11-3-7-14-8-4-11)9-10-1-5-13-6-2-10/h1-8H,9H2,(H,16,17). The lowest BCUT2D eigenvalue weighted by Gasteiger charge is -2.18. The molecule has 0 saturated heterocycles. The van der Waals surface area contributed by atoms with Crippen molar-refractivity contribution in [3.05, 3.63) is 54.6 Å². The number of hydrogen-bond acceptors (Lipinski definition) is 3. The maximum Gasteiger partial charge on any atom is 0.412 e. The number of hydrogen-bond donors (Lipinski definition) is 1. The Hall–Kier alpha value is -2.43. The van der Waals surface area contributed by atoms with Crippen molar-refractivity contribution in [2.45, 2.75) is 6.54 Å². The fourth-order valence-electron chi connectivity index (χ4n) is 1.46. The van der Waals surface area contributed by atoms with Crippen LogP contribution < -0.4 is 4.90 Å². The Morgan fingerprint density at radius 1 is 1.06 bits per heavy atom. The molecule has 2 aromatic rings. The highest BCUT2D eigenvalue weighted by Crippen LogP contribution is 2.15. The molecule has 0 bridgehead atoms. The number of amides is 1.